The Bertz CT molecular complexity index is 790. The van der Waals surface area contributed by atoms with E-state index >= 15 is 0 Å². The molecule has 1 unspecified atom stereocenters. The predicted molar refractivity (Wildman–Crippen MR) is 120 cm³/mol. The van der Waals surface area contributed by atoms with Gasteiger partial charge in [0.15, 0.2) is 11.8 Å². The Balaban J connectivity index is 0.00000225. The van der Waals surface area contributed by atoms with Crippen molar-refractivity contribution in [3.05, 3.63) is 41.5 Å². The maximum atomic E-state index is 6.04. The van der Waals surface area contributed by atoms with Gasteiger partial charge in [-0.2, -0.15) is 0 Å². The smallest absolute Gasteiger partial charge is 0.192 e. The lowest BCUT2D eigenvalue weighted by molar-refractivity contribution is 0.234. The second-order valence-electron chi connectivity index (χ2n) is 7.45. The molecule has 1 aromatic carbocycles. The molecular formula is C20H29IN6O. The van der Waals surface area contributed by atoms with Crippen LogP contribution in [0.25, 0.3) is 0 Å². The molecule has 2 heterocycles. The van der Waals surface area contributed by atoms with E-state index in [-0.39, 0.29) is 30.1 Å². The standard InChI is InChI=1S/C20H28N6O.HI/c1-14-24-25-19(26(14)2)13-22-20(23-16-8-4-5-9-16)21-12-17-11-15-7-3-6-10-18(15)27-17;/h3,6-7,10,16-17H,4-5,8-9,11-13H2,1-2H3,(H2,21,22,23);1H. The van der Waals surface area contributed by atoms with E-state index in [4.69, 9.17) is 9.73 Å². The van der Waals surface area contributed by atoms with Gasteiger partial charge in [0.05, 0.1) is 6.54 Å². The molecular weight excluding hydrogens is 467 g/mol. The number of aryl methyl sites for hydroxylation is 1. The van der Waals surface area contributed by atoms with Crippen LogP contribution in [0.3, 0.4) is 0 Å². The molecule has 2 N–H and O–H groups in total. The molecule has 0 amide bonds. The maximum absolute atomic E-state index is 6.04. The first kappa shape index (κ1) is 20.9. The van der Waals surface area contributed by atoms with Gasteiger partial charge in [0, 0.05) is 19.5 Å². The third-order valence-electron chi connectivity index (χ3n) is 5.47. The number of aliphatic imine (C=N–C) groups is 1. The molecule has 1 atom stereocenters. The maximum Gasteiger partial charge on any atom is 0.192 e. The van der Waals surface area contributed by atoms with Crippen LogP contribution in [0.4, 0.5) is 0 Å². The molecule has 1 aliphatic heterocycles. The molecule has 152 valence electrons. The van der Waals surface area contributed by atoms with E-state index < -0.39 is 0 Å². The van der Waals surface area contributed by atoms with Crippen molar-refractivity contribution in [2.75, 3.05) is 6.54 Å². The zero-order chi connectivity index (χ0) is 18.6. The molecule has 2 aliphatic rings. The highest BCUT2D eigenvalue weighted by molar-refractivity contribution is 14.0. The van der Waals surface area contributed by atoms with E-state index in [1.807, 2.05) is 30.7 Å². The average molecular weight is 496 g/mol. The summed E-state index contributed by atoms with van der Waals surface area (Å²) in [5.74, 6) is 3.60. The summed E-state index contributed by atoms with van der Waals surface area (Å²) in [6, 6.07) is 8.76. The SMILES string of the molecule is Cc1nnc(CN=C(NCC2Cc3ccccc3O2)NC2CCCC2)n1C.I. The predicted octanol–water partition coefficient (Wildman–Crippen LogP) is 2.72. The Morgan fingerprint density at radius 3 is 2.75 bits per heavy atom. The molecule has 0 saturated heterocycles. The quantitative estimate of drug-likeness (QED) is 0.378. The van der Waals surface area contributed by atoms with Gasteiger partial charge in [-0.25, -0.2) is 4.99 Å². The number of nitrogens with one attached hydrogen (secondary N) is 2. The van der Waals surface area contributed by atoms with Gasteiger partial charge in [0.1, 0.15) is 24.2 Å². The molecule has 0 radical (unpaired) electrons. The summed E-state index contributed by atoms with van der Waals surface area (Å²) in [6.07, 6.45) is 6.05. The minimum Gasteiger partial charge on any atom is -0.488 e. The van der Waals surface area contributed by atoms with Crippen molar-refractivity contribution in [1.29, 1.82) is 0 Å². The fourth-order valence-corrected chi connectivity index (χ4v) is 3.73. The Morgan fingerprint density at radius 2 is 2.04 bits per heavy atom. The minimum atomic E-state index is 0. The Labute approximate surface area is 183 Å². The molecule has 1 aromatic heterocycles. The van der Waals surface area contributed by atoms with Gasteiger partial charge in [-0.1, -0.05) is 31.0 Å². The molecule has 4 rings (SSSR count). The normalized spacial score (nSPS) is 19.1. The highest BCUT2D eigenvalue weighted by Crippen LogP contribution is 2.27. The second-order valence-corrected chi connectivity index (χ2v) is 7.45. The third-order valence-corrected chi connectivity index (χ3v) is 5.47. The first-order chi connectivity index (χ1) is 13.2. The van der Waals surface area contributed by atoms with Gasteiger partial charge >= 0.3 is 0 Å². The molecule has 2 aromatic rings. The summed E-state index contributed by atoms with van der Waals surface area (Å²) in [6.45, 7) is 3.18. The van der Waals surface area contributed by atoms with E-state index in [9.17, 15) is 0 Å². The van der Waals surface area contributed by atoms with Gasteiger partial charge in [0.2, 0.25) is 0 Å². The van der Waals surface area contributed by atoms with Crippen LogP contribution < -0.4 is 15.4 Å². The Morgan fingerprint density at radius 1 is 1.25 bits per heavy atom. The number of nitrogens with zero attached hydrogens (tertiary/aromatic N) is 4. The van der Waals surface area contributed by atoms with Crippen LogP contribution in [-0.2, 0) is 20.0 Å². The van der Waals surface area contributed by atoms with Gasteiger partial charge in [-0.05, 0) is 31.4 Å². The van der Waals surface area contributed by atoms with E-state index in [0.717, 1.165) is 36.3 Å². The summed E-state index contributed by atoms with van der Waals surface area (Å²) < 4.78 is 8.02. The van der Waals surface area contributed by atoms with Crippen LogP contribution in [0.2, 0.25) is 0 Å². The van der Waals surface area contributed by atoms with E-state index in [1.54, 1.807) is 0 Å². The number of rotatable bonds is 5. The van der Waals surface area contributed by atoms with Crippen molar-refractivity contribution < 1.29 is 4.74 Å². The topological polar surface area (TPSA) is 76.4 Å². The van der Waals surface area contributed by atoms with Gasteiger partial charge in [-0.3, -0.25) is 0 Å². The number of guanidine groups is 1. The number of para-hydroxylation sites is 1. The van der Waals surface area contributed by atoms with Crippen molar-refractivity contribution >= 4 is 29.9 Å². The van der Waals surface area contributed by atoms with Crippen LogP contribution in [0.1, 0.15) is 42.9 Å². The van der Waals surface area contributed by atoms with Crippen LogP contribution in [-0.4, -0.2) is 39.4 Å². The third kappa shape index (κ3) is 4.95. The lowest BCUT2D eigenvalue weighted by Crippen LogP contribution is -2.45. The molecule has 8 heteroatoms. The van der Waals surface area contributed by atoms with Crippen molar-refractivity contribution in [2.24, 2.45) is 12.0 Å². The molecule has 0 spiro atoms. The Kier molecular flexibility index (Phi) is 7.14. The summed E-state index contributed by atoms with van der Waals surface area (Å²) in [5.41, 5.74) is 1.28. The van der Waals surface area contributed by atoms with Gasteiger partial charge < -0.3 is 19.9 Å². The molecule has 1 fully saturated rings. The second kappa shape index (κ2) is 9.58. The number of benzene rings is 1. The minimum absolute atomic E-state index is 0. The lowest BCUT2D eigenvalue weighted by atomic mass is 10.1. The van der Waals surface area contributed by atoms with E-state index in [0.29, 0.717) is 12.6 Å². The van der Waals surface area contributed by atoms with Crippen LogP contribution in [0.5, 0.6) is 5.75 Å². The largest absolute Gasteiger partial charge is 0.488 e. The highest BCUT2D eigenvalue weighted by Gasteiger charge is 2.23. The number of hydrogen-bond acceptors (Lipinski definition) is 4. The number of hydrogen-bond donors (Lipinski definition) is 2. The Hall–Kier alpha value is -1.84. The van der Waals surface area contributed by atoms with E-state index in [2.05, 4.69) is 33.0 Å². The first-order valence-electron chi connectivity index (χ1n) is 9.83. The summed E-state index contributed by atoms with van der Waals surface area (Å²) in [7, 11) is 1.97. The first-order valence-corrected chi connectivity index (χ1v) is 9.83. The molecule has 0 bridgehead atoms. The van der Waals surface area contributed by atoms with Crippen LogP contribution in [0.15, 0.2) is 29.3 Å². The van der Waals surface area contributed by atoms with Crippen molar-refractivity contribution in [1.82, 2.24) is 25.4 Å². The summed E-state index contributed by atoms with van der Waals surface area (Å²) in [4.78, 5) is 4.76. The number of ether oxygens (including phenoxy) is 1. The van der Waals surface area contributed by atoms with Crippen molar-refractivity contribution in [2.45, 2.75) is 57.7 Å². The molecule has 1 aliphatic carbocycles. The highest BCUT2D eigenvalue weighted by atomic mass is 127. The van der Waals surface area contributed by atoms with Crippen molar-refractivity contribution in [3.8, 4) is 5.75 Å². The summed E-state index contributed by atoms with van der Waals surface area (Å²) in [5, 5.41) is 15.4. The number of fused-ring (bicyclic) bond motifs is 1. The summed E-state index contributed by atoms with van der Waals surface area (Å²) >= 11 is 0. The molecule has 1 saturated carbocycles. The fraction of sp³-hybridized carbons (Fsp3) is 0.550. The number of aromatic nitrogens is 3. The van der Waals surface area contributed by atoms with Crippen LogP contribution in [0, 0.1) is 6.92 Å². The van der Waals surface area contributed by atoms with Crippen molar-refractivity contribution in [3.63, 3.8) is 0 Å². The average Bonchev–Trinajstić information content (AvgIpc) is 3.39. The molecule has 7 nitrogen and oxygen atoms in total. The zero-order valence-corrected chi connectivity index (χ0v) is 18.8. The molecule has 28 heavy (non-hydrogen) atoms. The van der Waals surface area contributed by atoms with Gasteiger partial charge in [0.25, 0.3) is 0 Å². The lowest BCUT2D eigenvalue weighted by Gasteiger charge is -2.19. The number of halogens is 1. The van der Waals surface area contributed by atoms with Crippen LogP contribution >= 0.6 is 24.0 Å². The van der Waals surface area contributed by atoms with E-state index in [1.165, 1.54) is 31.2 Å². The van der Waals surface area contributed by atoms with Gasteiger partial charge in [-0.15, -0.1) is 34.2 Å². The monoisotopic (exact) mass is 496 g/mol. The zero-order valence-electron chi connectivity index (χ0n) is 16.5. The fourth-order valence-electron chi connectivity index (χ4n) is 3.73.